The van der Waals surface area contributed by atoms with Gasteiger partial charge in [0.1, 0.15) is 18.3 Å². The minimum Gasteiger partial charge on any atom is -0.394 e. The maximum atomic E-state index is 10.3. The van der Waals surface area contributed by atoms with Crippen molar-refractivity contribution < 1.29 is 24.5 Å². The maximum absolute atomic E-state index is 10.3. The predicted octanol–water partition coefficient (Wildman–Crippen LogP) is -1.43. The van der Waals surface area contributed by atoms with E-state index >= 15 is 0 Å². The van der Waals surface area contributed by atoms with Crippen LogP contribution in [-0.4, -0.2) is 55.6 Å². The van der Waals surface area contributed by atoms with Crippen molar-refractivity contribution >= 4 is 6.29 Å². The molecule has 0 radical (unpaired) electrons. The van der Waals surface area contributed by atoms with Crippen molar-refractivity contribution in [1.82, 2.24) is 0 Å². The minimum absolute atomic E-state index is 0.356. The van der Waals surface area contributed by atoms with Crippen LogP contribution in [0.15, 0.2) is 0 Å². The second-order valence-corrected chi connectivity index (χ2v) is 2.28. The van der Waals surface area contributed by atoms with Gasteiger partial charge in [-0.15, -0.1) is 0 Å². The molecule has 2 N–H and O–H groups in total. The van der Waals surface area contributed by atoms with Crippen LogP contribution >= 0.6 is 0 Å². The van der Waals surface area contributed by atoms with Crippen LogP contribution in [0.5, 0.6) is 0 Å². The average molecular weight is 178 g/mol. The van der Waals surface area contributed by atoms with E-state index in [-0.39, 0.29) is 6.61 Å². The van der Waals surface area contributed by atoms with E-state index in [1.54, 1.807) is 0 Å². The van der Waals surface area contributed by atoms with Crippen LogP contribution in [0, 0.1) is 0 Å². The highest BCUT2D eigenvalue weighted by atomic mass is 16.5. The SMILES string of the molecule is CO[C@@H](C=O)[C@@H](O)[C@H](CO)OC. The van der Waals surface area contributed by atoms with E-state index in [1.165, 1.54) is 14.2 Å². The topological polar surface area (TPSA) is 76.0 Å². The van der Waals surface area contributed by atoms with Gasteiger partial charge in [0.25, 0.3) is 0 Å². The predicted molar refractivity (Wildman–Crippen MR) is 40.8 cm³/mol. The number of methoxy groups -OCH3 is 2. The fraction of sp³-hybridized carbons (Fsp3) is 0.857. The van der Waals surface area contributed by atoms with E-state index in [0.717, 1.165) is 0 Å². The Hall–Kier alpha value is -0.490. The molecule has 0 saturated heterocycles. The van der Waals surface area contributed by atoms with Gasteiger partial charge in [-0.3, -0.25) is 0 Å². The van der Waals surface area contributed by atoms with Gasteiger partial charge in [-0.2, -0.15) is 0 Å². The van der Waals surface area contributed by atoms with Crippen molar-refractivity contribution in [1.29, 1.82) is 0 Å². The second kappa shape index (κ2) is 6.07. The van der Waals surface area contributed by atoms with Gasteiger partial charge in [0.05, 0.1) is 6.61 Å². The molecule has 0 aliphatic carbocycles. The lowest BCUT2D eigenvalue weighted by Gasteiger charge is -2.22. The lowest BCUT2D eigenvalue weighted by atomic mass is 10.1. The van der Waals surface area contributed by atoms with Gasteiger partial charge in [0.15, 0.2) is 6.29 Å². The van der Waals surface area contributed by atoms with Crippen LogP contribution in [0.2, 0.25) is 0 Å². The van der Waals surface area contributed by atoms with Crippen LogP contribution in [0.4, 0.5) is 0 Å². The molecule has 0 aromatic rings. The molecule has 0 aliphatic rings. The molecular weight excluding hydrogens is 164 g/mol. The molecule has 0 heterocycles. The van der Waals surface area contributed by atoms with E-state index < -0.39 is 18.3 Å². The smallest absolute Gasteiger partial charge is 0.151 e. The number of rotatable bonds is 6. The van der Waals surface area contributed by atoms with E-state index in [2.05, 4.69) is 4.74 Å². The van der Waals surface area contributed by atoms with Crippen LogP contribution in [-0.2, 0) is 14.3 Å². The summed E-state index contributed by atoms with van der Waals surface area (Å²) >= 11 is 0. The number of hydrogen-bond donors (Lipinski definition) is 2. The Morgan fingerprint density at radius 1 is 1.42 bits per heavy atom. The molecule has 0 aliphatic heterocycles. The number of carbonyl (C=O) groups is 1. The molecule has 12 heavy (non-hydrogen) atoms. The average Bonchev–Trinajstić information content (AvgIpc) is 2.09. The van der Waals surface area contributed by atoms with Gasteiger partial charge in [0.2, 0.25) is 0 Å². The molecule has 0 rings (SSSR count). The summed E-state index contributed by atoms with van der Waals surface area (Å²) < 4.78 is 9.34. The third-order valence-corrected chi connectivity index (χ3v) is 1.61. The molecule has 72 valence electrons. The molecule has 5 nitrogen and oxygen atoms in total. The van der Waals surface area contributed by atoms with Crippen molar-refractivity contribution in [2.24, 2.45) is 0 Å². The summed E-state index contributed by atoms with van der Waals surface area (Å²) in [6, 6.07) is 0. The summed E-state index contributed by atoms with van der Waals surface area (Å²) in [6.45, 7) is -0.356. The molecule has 0 unspecified atom stereocenters. The van der Waals surface area contributed by atoms with Gasteiger partial charge in [-0.25, -0.2) is 0 Å². The Labute approximate surface area is 70.9 Å². The largest absolute Gasteiger partial charge is 0.394 e. The van der Waals surface area contributed by atoms with Crippen molar-refractivity contribution in [2.75, 3.05) is 20.8 Å². The molecule has 0 aromatic heterocycles. The first-order valence-corrected chi connectivity index (χ1v) is 3.51. The molecule has 0 amide bonds. The lowest BCUT2D eigenvalue weighted by Crippen LogP contribution is -2.42. The van der Waals surface area contributed by atoms with Crippen molar-refractivity contribution in [3.8, 4) is 0 Å². The van der Waals surface area contributed by atoms with Gasteiger partial charge < -0.3 is 24.5 Å². The van der Waals surface area contributed by atoms with Gasteiger partial charge in [-0.1, -0.05) is 0 Å². The Morgan fingerprint density at radius 2 is 2.00 bits per heavy atom. The fourth-order valence-corrected chi connectivity index (χ4v) is 0.809. The van der Waals surface area contributed by atoms with Gasteiger partial charge in [-0.05, 0) is 0 Å². The number of aliphatic hydroxyl groups is 2. The Balaban J connectivity index is 4.11. The molecule has 0 bridgehead atoms. The second-order valence-electron chi connectivity index (χ2n) is 2.28. The molecule has 0 spiro atoms. The fourth-order valence-electron chi connectivity index (χ4n) is 0.809. The zero-order valence-corrected chi connectivity index (χ0v) is 7.14. The Bertz CT molecular complexity index is 123. The van der Waals surface area contributed by atoms with Gasteiger partial charge >= 0.3 is 0 Å². The summed E-state index contributed by atoms with van der Waals surface area (Å²) in [5.41, 5.74) is 0. The van der Waals surface area contributed by atoms with E-state index in [1.807, 2.05) is 0 Å². The van der Waals surface area contributed by atoms with Crippen molar-refractivity contribution in [3.63, 3.8) is 0 Å². The Kier molecular flexibility index (Phi) is 5.83. The molecular formula is C7H14O5. The van der Waals surface area contributed by atoms with E-state index in [9.17, 15) is 9.90 Å². The minimum atomic E-state index is -1.14. The van der Waals surface area contributed by atoms with Crippen LogP contribution in [0.3, 0.4) is 0 Å². The first-order valence-electron chi connectivity index (χ1n) is 3.51. The molecule has 0 saturated carbocycles. The summed E-state index contributed by atoms with van der Waals surface area (Å²) in [7, 11) is 2.63. The molecule has 5 heteroatoms. The summed E-state index contributed by atoms with van der Waals surface area (Å²) in [4.78, 5) is 10.3. The number of hydrogen-bond acceptors (Lipinski definition) is 5. The monoisotopic (exact) mass is 178 g/mol. The number of aliphatic hydroxyl groups excluding tert-OH is 2. The highest BCUT2D eigenvalue weighted by Gasteiger charge is 2.26. The zero-order chi connectivity index (χ0) is 9.56. The third-order valence-electron chi connectivity index (χ3n) is 1.61. The standard InChI is InChI=1S/C7H14O5/c1-11-5(3-8)7(10)6(4-9)12-2/h3,5-7,9-10H,4H2,1-2H3/t5-,6-,7+/m0/s1. The summed E-state index contributed by atoms with van der Waals surface area (Å²) in [6.07, 6.45) is -2.42. The zero-order valence-electron chi connectivity index (χ0n) is 7.14. The Morgan fingerprint density at radius 3 is 2.25 bits per heavy atom. The normalized spacial score (nSPS) is 18.3. The first kappa shape index (κ1) is 11.5. The first-order chi connectivity index (χ1) is 5.71. The van der Waals surface area contributed by atoms with Crippen LogP contribution in [0.1, 0.15) is 0 Å². The maximum Gasteiger partial charge on any atom is 0.151 e. The quantitative estimate of drug-likeness (QED) is 0.488. The summed E-state index contributed by atoms with van der Waals surface area (Å²) in [5, 5.41) is 18.0. The van der Waals surface area contributed by atoms with Crippen molar-refractivity contribution in [2.45, 2.75) is 18.3 Å². The highest BCUT2D eigenvalue weighted by molar-refractivity contribution is 5.57. The number of aldehydes is 1. The van der Waals surface area contributed by atoms with Crippen LogP contribution in [0.25, 0.3) is 0 Å². The molecule has 0 fully saturated rings. The number of ether oxygens (including phenoxy) is 2. The highest BCUT2D eigenvalue weighted by Crippen LogP contribution is 2.04. The van der Waals surface area contributed by atoms with Crippen LogP contribution < -0.4 is 0 Å². The number of carbonyl (C=O) groups excluding carboxylic acids is 1. The molecule has 0 aromatic carbocycles. The lowest BCUT2D eigenvalue weighted by molar-refractivity contribution is -0.134. The van der Waals surface area contributed by atoms with Gasteiger partial charge in [0, 0.05) is 14.2 Å². The summed E-state index contributed by atoms with van der Waals surface area (Å²) in [5.74, 6) is 0. The van der Waals surface area contributed by atoms with E-state index in [4.69, 9.17) is 9.84 Å². The van der Waals surface area contributed by atoms with Crippen molar-refractivity contribution in [3.05, 3.63) is 0 Å². The molecule has 3 atom stereocenters. The third kappa shape index (κ3) is 2.86. The van der Waals surface area contributed by atoms with E-state index in [0.29, 0.717) is 6.29 Å².